The van der Waals surface area contributed by atoms with Crippen LogP contribution in [-0.2, 0) is 0 Å². The second-order valence-electron chi connectivity index (χ2n) is 4.12. The van der Waals surface area contributed by atoms with Crippen LogP contribution in [0.3, 0.4) is 0 Å². The van der Waals surface area contributed by atoms with Crippen molar-refractivity contribution in [2.75, 3.05) is 0 Å². The average Bonchev–Trinajstić information content (AvgIpc) is 1.94. The van der Waals surface area contributed by atoms with E-state index in [0.29, 0.717) is 0 Å². The Labute approximate surface area is 80.8 Å². The molecule has 0 aromatic rings. The zero-order chi connectivity index (χ0) is 10.3. The van der Waals surface area contributed by atoms with E-state index in [1.807, 2.05) is 0 Å². The molecule has 0 atom stereocenters. The molecule has 0 spiro atoms. The number of hydrogen-bond donors (Lipinski definition) is 0. The molecule has 0 aliphatic heterocycles. The third-order valence-electron chi connectivity index (χ3n) is 1.25. The minimum absolute atomic E-state index is 0.263. The number of nitrogens with zero attached hydrogens (tertiary/aromatic N) is 2. The number of aliphatic imine (C=N–C) groups is 2. The maximum Gasteiger partial charge on any atom is 0.115 e. The first-order chi connectivity index (χ1) is 5.95. The van der Waals surface area contributed by atoms with Crippen molar-refractivity contribution >= 4 is 12.6 Å². The fourth-order valence-corrected chi connectivity index (χ4v) is 0.951. The molecule has 0 radical (unpaired) electrons. The Morgan fingerprint density at radius 3 is 2.38 bits per heavy atom. The molecule has 0 rings (SSSR count). The smallest absolute Gasteiger partial charge is 0.115 e. The lowest BCUT2D eigenvalue weighted by molar-refractivity contribution is 0.416. The topological polar surface area (TPSA) is 24.7 Å². The maximum absolute atomic E-state index is 3.96. The molecule has 0 aliphatic carbocycles. The van der Waals surface area contributed by atoms with Gasteiger partial charge in [0.05, 0.1) is 0 Å². The Bertz CT molecular complexity index is 229. The first-order valence-electron chi connectivity index (χ1n) is 4.29. The monoisotopic (exact) mass is 178 g/mol. The fourth-order valence-electron chi connectivity index (χ4n) is 0.951. The van der Waals surface area contributed by atoms with Crippen molar-refractivity contribution in [2.24, 2.45) is 15.4 Å². The lowest BCUT2D eigenvalue weighted by atomic mass is 9.89. The Hall–Kier alpha value is -1.18. The standard InChI is InChI=1S/C11H18N2/c1-6-12-9-13-8-10(2)7-11(3,4)5/h6,8-9H,1-2,7H2,3-5H3. The average molecular weight is 178 g/mol. The summed E-state index contributed by atoms with van der Waals surface area (Å²) in [5, 5.41) is 0. The molecule has 0 aromatic carbocycles. The minimum Gasteiger partial charge on any atom is -0.246 e. The maximum atomic E-state index is 3.96. The highest BCUT2D eigenvalue weighted by atomic mass is 14.8. The molecule has 0 aliphatic rings. The van der Waals surface area contributed by atoms with Gasteiger partial charge in [-0.05, 0) is 17.4 Å². The van der Waals surface area contributed by atoms with Gasteiger partial charge in [0.15, 0.2) is 0 Å². The normalized spacial score (nSPS) is 12.5. The van der Waals surface area contributed by atoms with E-state index in [2.05, 4.69) is 43.9 Å². The summed E-state index contributed by atoms with van der Waals surface area (Å²) < 4.78 is 0. The Morgan fingerprint density at radius 1 is 1.31 bits per heavy atom. The van der Waals surface area contributed by atoms with E-state index in [-0.39, 0.29) is 5.41 Å². The summed E-state index contributed by atoms with van der Waals surface area (Å²) in [7, 11) is 0. The van der Waals surface area contributed by atoms with Crippen molar-refractivity contribution in [3.63, 3.8) is 0 Å². The quantitative estimate of drug-likeness (QED) is 0.466. The molecule has 0 fully saturated rings. The molecule has 72 valence electrons. The number of rotatable bonds is 4. The van der Waals surface area contributed by atoms with E-state index in [9.17, 15) is 0 Å². The van der Waals surface area contributed by atoms with Crippen LogP contribution in [0.2, 0.25) is 0 Å². The third kappa shape index (κ3) is 8.73. The van der Waals surface area contributed by atoms with Crippen LogP contribution in [0.5, 0.6) is 0 Å². The predicted octanol–water partition coefficient (Wildman–Crippen LogP) is 3.22. The predicted molar refractivity (Wildman–Crippen MR) is 60.4 cm³/mol. The van der Waals surface area contributed by atoms with E-state index >= 15 is 0 Å². The molecule has 2 heteroatoms. The summed E-state index contributed by atoms with van der Waals surface area (Å²) in [5.74, 6) is 0. The zero-order valence-corrected chi connectivity index (χ0v) is 8.75. The highest BCUT2D eigenvalue weighted by molar-refractivity contribution is 5.84. The van der Waals surface area contributed by atoms with Crippen LogP contribution < -0.4 is 0 Å². The van der Waals surface area contributed by atoms with Crippen molar-refractivity contribution < 1.29 is 0 Å². The minimum atomic E-state index is 0.263. The van der Waals surface area contributed by atoms with Gasteiger partial charge in [0.1, 0.15) is 6.34 Å². The van der Waals surface area contributed by atoms with Crippen molar-refractivity contribution in [1.29, 1.82) is 0 Å². The second-order valence-corrected chi connectivity index (χ2v) is 4.12. The number of hydrogen-bond acceptors (Lipinski definition) is 1. The van der Waals surface area contributed by atoms with Gasteiger partial charge in [0.25, 0.3) is 0 Å². The highest BCUT2D eigenvalue weighted by Crippen LogP contribution is 2.21. The summed E-state index contributed by atoms with van der Waals surface area (Å²) in [6, 6.07) is 0. The van der Waals surface area contributed by atoms with Crippen molar-refractivity contribution in [2.45, 2.75) is 27.2 Å². The van der Waals surface area contributed by atoms with E-state index in [4.69, 9.17) is 0 Å². The largest absolute Gasteiger partial charge is 0.246 e. The van der Waals surface area contributed by atoms with Gasteiger partial charge in [-0.1, -0.05) is 33.9 Å². The van der Waals surface area contributed by atoms with Crippen molar-refractivity contribution in [1.82, 2.24) is 0 Å². The van der Waals surface area contributed by atoms with Gasteiger partial charge < -0.3 is 0 Å². The molecule has 0 amide bonds. The van der Waals surface area contributed by atoms with E-state index < -0.39 is 0 Å². The molecular formula is C11H18N2. The van der Waals surface area contributed by atoms with E-state index in [1.54, 1.807) is 6.21 Å². The Morgan fingerprint density at radius 2 is 1.92 bits per heavy atom. The van der Waals surface area contributed by atoms with Crippen LogP contribution in [0.4, 0.5) is 0 Å². The van der Waals surface area contributed by atoms with Crippen LogP contribution in [0.15, 0.2) is 34.9 Å². The zero-order valence-electron chi connectivity index (χ0n) is 8.75. The Kier molecular flexibility index (Phi) is 4.97. The van der Waals surface area contributed by atoms with Crippen LogP contribution in [0, 0.1) is 5.41 Å². The van der Waals surface area contributed by atoms with Crippen LogP contribution >= 0.6 is 0 Å². The van der Waals surface area contributed by atoms with Gasteiger partial charge in [-0.15, -0.1) is 0 Å². The lowest BCUT2D eigenvalue weighted by Gasteiger charge is -2.17. The summed E-state index contributed by atoms with van der Waals surface area (Å²) in [5.41, 5.74) is 1.28. The molecule has 0 bridgehead atoms. The van der Waals surface area contributed by atoms with Gasteiger partial charge >= 0.3 is 0 Å². The van der Waals surface area contributed by atoms with Crippen molar-refractivity contribution in [3.05, 3.63) is 24.9 Å². The van der Waals surface area contributed by atoms with Crippen molar-refractivity contribution in [3.8, 4) is 0 Å². The third-order valence-corrected chi connectivity index (χ3v) is 1.25. The van der Waals surface area contributed by atoms with Gasteiger partial charge in [0, 0.05) is 12.4 Å². The number of allylic oxidation sites excluding steroid dienone is 1. The molecule has 0 saturated carbocycles. The van der Waals surface area contributed by atoms with Gasteiger partial charge in [-0.3, -0.25) is 0 Å². The van der Waals surface area contributed by atoms with E-state index in [1.165, 1.54) is 12.5 Å². The van der Waals surface area contributed by atoms with Gasteiger partial charge in [-0.25, -0.2) is 9.98 Å². The van der Waals surface area contributed by atoms with Gasteiger partial charge in [0.2, 0.25) is 0 Å². The first-order valence-corrected chi connectivity index (χ1v) is 4.29. The Balaban J connectivity index is 3.94. The van der Waals surface area contributed by atoms with Crippen LogP contribution in [-0.4, -0.2) is 12.6 Å². The first kappa shape index (κ1) is 11.8. The van der Waals surface area contributed by atoms with E-state index in [0.717, 1.165) is 12.0 Å². The molecule has 0 unspecified atom stereocenters. The molecule has 13 heavy (non-hydrogen) atoms. The van der Waals surface area contributed by atoms with Gasteiger partial charge in [-0.2, -0.15) is 0 Å². The molecule has 0 N–H and O–H groups in total. The molecular weight excluding hydrogens is 160 g/mol. The summed E-state index contributed by atoms with van der Waals surface area (Å²) in [6.45, 7) is 13.9. The summed E-state index contributed by atoms with van der Waals surface area (Å²) >= 11 is 0. The van der Waals surface area contributed by atoms with Crippen LogP contribution in [0.25, 0.3) is 0 Å². The molecule has 0 aromatic heterocycles. The lowest BCUT2D eigenvalue weighted by Crippen LogP contribution is -2.06. The van der Waals surface area contributed by atoms with Crippen LogP contribution in [0.1, 0.15) is 27.2 Å². The molecule has 0 heterocycles. The highest BCUT2D eigenvalue weighted by Gasteiger charge is 2.10. The fraction of sp³-hybridized carbons (Fsp3) is 0.455. The second kappa shape index (κ2) is 5.46. The summed E-state index contributed by atoms with van der Waals surface area (Å²) in [6.07, 6.45) is 5.58. The SMILES string of the molecule is C=CN=CN=CC(=C)CC(C)(C)C. The molecule has 0 saturated heterocycles. The summed E-state index contributed by atoms with van der Waals surface area (Å²) in [4.78, 5) is 7.70. The molecule has 2 nitrogen and oxygen atoms in total.